The maximum absolute atomic E-state index is 12.3. The molecule has 0 saturated heterocycles. The van der Waals surface area contributed by atoms with E-state index in [1.165, 1.54) is 6.07 Å². The van der Waals surface area contributed by atoms with Crippen molar-refractivity contribution in [1.29, 1.82) is 0 Å². The van der Waals surface area contributed by atoms with Gasteiger partial charge in [0.1, 0.15) is 0 Å². The van der Waals surface area contributed by atoms with Gasteiger partial charge in [0.25, 0.3) is 11.8 Å². The van der Waals surface area contributed by atoms with Gasteiger partial charge in [-0.3, -0.25) is 14.5 Å². The van der Waals surface area contributed by atoms with Gasteiger partial charge in [-0.2, -0.15) is 0 Å². The number of hydrogen-bond donors (Lipinski definition) is 1. The molecular weight excluding hydrogens is 376 g/mol. The molecule has 6 nitrogen and oxygen atoms in total. The number of aryl methyl sites for hydroxylation is 1. The Morgan fingerprint density at radius 2 is 1.69 bits per heavy atom. The van der Waals surface area contributed by atoms with Crippen molar-refractivity contribution in [1.82, 2.24) is 9.62 Å². The van der Waals surface area contributed by atoms with Crippen LogP contribution in [0.3, 0.4) is 0 Å². The second kappa shape index (κ2) is 7.57. The molecule has 2 aromatic carbocycles. The molecule has 26 heavy (non-hydrogen) atoms. The van der Waals surface area contributed by atoms with Gasteiger partial charge in [-0.05, 0) is 24.1 Å². The summed E-state index contributed by atoms with van der Waals surface area (Å²) in [7, 11) is -3.51. The lowest BCUT2D eigenvalue weighted by atomic mass is 10.1. The fourth-order valence-corrected chi connectivity index (χ4v) is 4.08. The highest BCUT2D eigenvalue weighted by Gasteiger charge is 2.36. The number of hydrogen-bond acceptors (Lipinski definition) is 4. The minimum absolute atomic E-state index is 0.0415. The minimum atomic E-state index is -3.51. The van der Waals surface area contributed by atoms with E-state index in [4.69, 9.17) is 11.6 Å². The first-order valence-electron chi connectivity index (χ1n) is 8.05. The van der Waals surface area contributed by atoms with E-state index in [0.717, 1.165) is 10.5 Å². The predicted octanol–water partition coefficient (Wildman–Crippen LogP) is 2.10. The number of imide groups is 1. The van der Waals surface area contributed by atoms with E-state index in [1.807, 2.05) is 30.3 Å². The van der Waals surface area contributed by atoms with Gasteiger partial charge in [-0.25, -0.2) is 13.1 Å². The van der Waals surface area contributed by atoms with Crippen molar-refractivity contribution in [2.45, 2.75) is 6.42 Å². The zero-order valence-electron chi connectivity index (χ0n) is 13.8. The summed E-state index contributed by atoms with van der Waals surface area (Å²) in [4.78, 5) is 25.6. The third kappa shape index (κ3) is 3.95. The lowest BCUT2D eigenvalue weighted by molar-refractivity contribution is 0.0657. The highest BCUT2D eigenvalue weighted by Crippen LogP contribution is 2.28. The molecule has 0 spiro atoms. The Morgan fingerprint density at radius 1 is 0.962 bits per heavy atom. The smallest absolute Gasteiger partial charge is 0.263 e. The molecule has 2 aromatic rings. The summed E-state index contributed by atoms with van der Waals surface area (Å²) >= 11 is 5.99. The Labute approximate surface area is 156 Å². The number of fused-ring (bicyclic) bond motifs is 1. The summed E-state index contributed by atoms with van der Waals surface area (Å²) < 4.78 is 26.6. The third-order valence-electron chi connectivity index (χ3n) is 4.11. The fraction of sp³-hybridized carbons (Fsp3) is 0.222. The Morgan fingerprint density at radius 3 is 2.38 bits per heavy atom. The molecule has 0 radical (unpaired) electrons. The fourth-order valence-electron chi connectivity index (χ4n) is 2.78. The topological polar surface area (TPSA) is 83.6 Å². The molecule has 3 rings (SSSR count). The predicted molar refractivity (Wildman–Crippen MR) is 98.8 cm³/mol. The number of nitrogens with one attached hydrogen (secondary N) is 1. The van der Waals surface area contributed by atoms with Crippen molar-refractivity contribution in [3.05, 3.63) is 70.2 Å². The summed E-state index contributed by atoms with van der Waals surface area (Å²) in [6.45, 7) is -0.0898. The Kier molecular flexibility index (Phi) is 5.41. The van der Waals surface area contributed by atoms with Crippen molar-refractivity contribution in [3.8, 4) is 0 Å². The van der Waals surface area contributed by atoms with Crippen LogP contribution in [0.15, 0.2) is 48.5 Å². The summed E-state index contributed by atoms with van der Waals surface area (Å²) in [5.74, 6) is -1.03. The standard InChI is InChI=1S/C18H17ClN2O4S/c19-15-8-4-7-14-16(15)18(23)21(17(14)22)11-10-20-26(24,25)12-9-13-5-2-1-3-6-13/h1-8,20H,9-12H2. The summed E-state index contributed by atoms with van der Waals surface area (Å²) in [6, 6.07) is 14.0. The Balaban J connectivity index is 1.56. The minimum Gasteiger partial charge on any atom is -0.273 e. The van der Waals surface area contributed by atoms with E-state index in [-0.39, 0.29) is 35.0 Å². The Bertz CT molecular complexity index is 945. The van der Waals surface area contributed by atoms with E-state index in [0.29, 0.717) is 6.42 Å². The molecule has 0 aromatic heterocycles. The van der Waals surface area contributed by atoms with Gasteiger partial charge < -0.3 is 0 Å². The maximum atomic E-state index is 12.3. The lowest BCUT2D eigenvalue weighted by Gasteiger charge is -2.14. The van der Waals surface area contributed by atoms with Gasteiger partial charge in [0.05, 0.1) is 21.9 Å². The van der Waals surface area contributed by atoms with E-state index in [9.17, 15) is 18.0 Å². The van der Waals surface area contributed by atoms with Crippen molar-refractivity contribution < 1.29 is 18.0 Å². The van der Waals surface area contributed by atoms with Crippen LogP contribution in [0.1, 0.15) is 26.3 Å². The monoisotopic (exact) mass is 392 g/mol. The molecule has 0 fully saturated rings. The number of nitrogens with zero attached hydrogens (tertiary/aromatic N) is 1. The highest BCUT2D eigenvalue weighted by atomic mass is 35.5. The highest BCUT2D eigenvalue weighted by molar-refractivity contribution is 7.89. The molecule has 0 bridgehead atoms. The maximum Gasteiger partial charge on any atom is 0.263 e. The van der Waals surface area contributed by atoms with Gasteiger partial charge in [0, 0.05) is 13.1 Å². The quantitative estimate of drug-likeness (QED) is 0.731. The van der Waals surface area contributed by atoms with Gasteiger partial charge in [-0.15, -0.1) is 0 Å². The molecule has 2 amide bonds. The van der Waals surface area contributed by atoms with Gasteiger partial charge in [0.2, 0.25) is 10.0 Å². The molecule has 0 atom stereocenters. The molecule has 1 aliphatic rings. The summed E-state index contributed by atoms with van der Waals surface area (Å²) in [5, 5.41) is 0.215. The number of carbonyl (C=O) groups is 2. The lowest BCUT2D eigenvalue weighted by Crippen LogP contribution is -2.39. The third-order valence-corrected chi connectivity index (χ3v) is 5.81. The molecule has 136 valence electrons. The van der Waals surface area contributed by atoms with Crippen molar-refractivity contribution >= 4 is 33.4 Å². The number of rotatable bonds is 7. The largest absolute Gasteiger partial charge is 0.273 e. The molecule has 0 saturated carbocycles. The number of sulfonamides is 1. The van der Waals surface area contributed by atoms with Crippen LogP contribution in [-0.2, 0) is 16.4 Å². The van der Waals surface area contributed by atoms with E-state index >= 15 is 0 Å². The SMILES string of the molecule is O=C1c2cccc(Cl)c2C(=O)N1CCNS(=O)(=O)CCc1ccccc1. The normalized spacial score (nSPS) is 14.0. The molecular formula is C18H17ClN2O4S. The van der Waals surface area contributed by atoms with Crippen LogP contribution in [-0.4, -0.2) is 44.0 Å². The molecule has 1 heterocycles. The van der Waals surface area contributed by atoms with Crippen LogP contribution in [0.4, 0.5) is 0 Å². The van der Waals surface area contributed by atoms with Gasteiger partial charge in [-0.1, -0.05) is 48.0 Å². The average molecular weight is 393 g/mol. The number of halogens is 1. The molecule has 8 heteroatoms. The van der Waals surface area contributed by atoms with Crippen LogP contribution in [0.2, 0.25) is 5.02 Å². The summed E-state index contributed by atoms with van der Waals surface area (Å²) in [5.41, 5.74) is 1.34. The number of carbonyl (C=O) groups excluding carboxylic acids is 2. The second-order valence-corrected chi connectivity index (χ2v) is 8.21. The molecule has 0 aliphatic carbocycles. The van der Waals surface area contributed by atoms with Crippen LogP contribution in [0.25, 0.3) is 0 Å². The number of benzene rings is 2. The second-order valence-electron chi connectivity index (χ2n) is 5.87. The molecule has 1 N–H and O–H groups in total. The van der Waals surface area contributed by atoms with E-state index < -0.39 is 21.8 Å². The first kappa shape index (κ1) is 18.6. The van der Waals surface area contributed by atoms with Crippen molar-refractivity contribution in [2.24, 2.45) is 0 Å². The first-order chi connectivity index (χ1) is 12.4. The molecule has 0 unspecified atom stereocenters. The van der Waals surface area contributed by atoms with Gasteiger partial charge >= 0.3 is 0 Å². The number of amides is 2. The van der Waals surface area contributed by atoms with Gasteiger partial charge in [0.15, 0.2) is 0 Å². The van der Waals surface area contributed by atoms with E-state index in [2.05, 4.69) is 4.72 Å². The van der Waals surface area contributed by atoms with E-state index in [1.54, 1.807) is 12.1 Å². The zero-order valence-corrected chi connectivity index (χ0v) is 15.4. The van der Waals surface area contributed by atoms with Crippen LogP contribution in [0.5, 0.6) is 0 Å². The van der Waals surface area contributed by atoms with Crippen LogP contribution >= 0.6 is 11.6 Å². The van der Waals surface area contributed by atoms with Crippen molar-refractivity contribution in [2.75, 3.05) is 18.8 Å². The Hall–Kier alpha value is -2.22. The van der Waals surface area contributed by atoms with Crippen LogP contribution < -0.4 is 4.72 Å². The van der Waals surface area contributed by atoms with Crippen LogP contribution in [0, 0.1) is 0 Å². The zero-order chi connectivity index (χ0) is 18.7. The van der Waals surface area contributed by atoms with Crippen molar-refractivity contribution in [3.63, 3.8) is 0 Å². The average Bonchev–Trinajstić information content (AvgIpc) is 2.87. The molecule has 1 aliphatic heterocycles. The summed E-state index contributed by atoms with van der Waals surface area (Å²) in [6.07, 6.45) is 0.388. The first-order valence-corrected chi connectivity index (χ1v) is 10.1.